The summed E-state index contributed by atoms with van der Waals surface area (Å²) in [6.45, 7) is 14.6. The Balaban J connectivity index is 2.90. The van der Waals surface area contributed by atoms with E-state index in [1.807, 2.05) is 0 Å². The highest BCUT2D eigenvalue weighted by atomic mass is 14.9. The van der Waals surface area contributed by atoms with Crippen LogP contribution in [0.15, 0.2) is 18.2 Å². The average Bonchev–Trinajstić information content (AvgIpc) is 2.26. The van der Waals surface area contributed by atoms with E-state index < -0.39 is 0 Å². The Bertz CT molecular complexity index is 374. The zero-order valence-electron chi connectivity index (χ0n) is 12.9. The maximum Gasteiger partial charge on any atom is 0.0325 e. The monoisotopic (exact) mass is 247 g/mol. The minimum Gasteiger partial charge on any atom is -0.310 e. The molecule has 0 amide bonds. The van der Waals surface area contributed by atoms with Crippen molar-refractivity contribution in [2.45, 2.75) is 60.4 Å². The fraction of sp³-hybridized carbons (Fsp3) is 0.647. The molecule has 1 N–H and O–H groups in total. The third-order valence-corrected chi connectivity index (χ3v) is 3.39. The summed E-state index contributed by atoms with van der Waals surface area (Å²) in [7, 11) is 0. The van der Waals surface area contributed by atoms with Gasteiger partial charge in [0.05, 0.1) is 0 Å². The van der Waals surface area contributed by atoms with Gasteiger partial charge in [-0.15, -0.1) is 0 Å². The van der Waals surface area contributed by atoms with E-state index in [9.17, 15) is 0 Å². The van der Waals surface area contributed by atoms with Crippen LogP contribution in [0, 0.1) is 19.3 Å². The van der Waals surface area contributed by atoms with Crippen LogP contribution in [0.1, 0.15) is 63.3 Å². The molecule has 0 heterocycles. The van der Waals surface area contributed by atoms with E-state index in [2.05, 4.69) is 65.1 Å². The first-order valence-corrected chi connectivity index (χ1v) is 7.14. The van der Waals surface area contributed by atoms with Gasteiger partial charge in [0.15, 0.2) is 0 Å². The summed E-state index contributed by atoms with van der Waals surface area (Å²) >= 11 is 0. The zero-order valence-corrected chi connectivity index (χ0v) is 12.9. The lowest BCUT2D eigenvalue weighted by Gasteiger charge is -2.27. The van der Waals surface area contributed by atoms with Gasteiger partial charge in [0.2, 0.25) is 0 Å². The molecule has 1 rings (SSSR count). The molecule has 1 heteroatoms. The SMILES string of the molecule is CCCNC(CC(C)(C)C)c1ccc(C)c(C)c1. The molecule has 1 aromatic rings. The minimum atomic E-state index is 0.351. The average molecular weight is 247 g/mol. The predicted molar refractivity (Wildman–Crippen MR) is 81.0 cm³/mol. The summed E-state index contributed by atoms with van der Waals surface area (Å²) in [6.07, 6.45) is 2.36. The molecule has 0 spiro atoms. The second-order valence-electron chi connectivity index (χ2n) is 6.62. The Labute approximate surface area is 113 Å². The topological polar surface area (TPSA) is 12.0 Å². The number of hydrogen-bond acceptors (Lipinski definition) is 1. The largest absolute Gasteiger partial charge is 0.310 e. The minimum absolute atomic E-state index is 0.351. The van der Waals surface area contributed by atoms with Crippen LogP contribution < -0.4 is 5.32 Å². The predicted octanol–water partition coefficient (Wildman–Crippen LogP) is 4.78. The van der Waals surface area contributed by atoms with Crippen molar-refractivity contribution >= 4 is 0 Å². The summed E-state index contributed by atoms with van der Waals surface area (Å²) < 4.78 is 0. The van der Waals surface area contributed by atoms with Crippen LogP contribution in [-0.4, -0.2) is 6.54 Å². The van der Waals surface area contributed by atoms with Gasteiger partial charge in [0, 0.05) is 6.04 Å². The van der Waals surface area contributed by atoms with Crippen LogP contribution in [0.25, 0.3) is 0 Å². The van der Waals surface area contributed by atoms with Crippen molar-refractivity contribution in [3.8, 4) is 0 Å². The number of benzene rings is 1. The Morgan fingerprint density at radius 1 is 1.11 bits per heavy atom. The second kappa shape index (κ2) is 6.38. The van der Waals surface area contributed by atoms with E-state index in [1.54, 1.807) is 0 Å². The van der Waals surface area contributed by atoms with E-state index in [1.165, 1.54) is 29.5 Å². The molecule has 0 radical (unpaired) electrons. The quantitative estimate of drug-likeness (QED) is 0.789. The van der Waals surface area contributed by atoms with Crippen molar-refractivity contribution in [3.05, 3.63) is 34.9 Å². The molecule has 0 aromatic heterocycles. The van der Waals surface area contributed by atoms with Crippen molar-refractivity contribution in [2.24, 2.45) is 5.41 Å². The van der Waals surface area contributed by atoms with Crippen molar-refractivity contribution < 1.29 is 0 Å². The summed E-state index contributed by atoms with van der Waals surface area (Å²) in [5.74, 6) is 0. The Morgan fingerprint density at radius 3 is 2.28 bits per heavy atom. The molecule has 1 nitrogen and oxygen atoms in total. The summed E-state index contributed by atoms with van der Waals surface area (Å²) in [6, 6.07) is 7.34. The lowest BCUT2D eigenvalue weighted by atomic mass is 9.85. The number of rotatable bonds is 5. The van der Waals surface area contributed by atoms with Gasteiger partial charge >= 0.3 is 0 Å². The fourth-order valence-electron chi connectivity index (χ4n) is 2.22. The van der Waals surface area contributed by atoms with Crippen LogP contribution >= 0.6 is 0 Å². The molecule has 0 aliphatic carbocycles. The molecule has 0 aliphatic heterocycles. The van der Waals surface area contributed by atoms with Gasteiger partial charge in [-0.1, -0.05) is 45.9 Å². The number of hydrogen-bond donors (Lipinski definition) is 1. The molecule has 0 saturated carbocycles. The van der Waals surface area contributed by atoms with Crippen LogP contribution in [0.4, 0.5) is 0 Å². The lowest BCUT2D eigenvalue weighted by Crippen LogP contribution is -2.26. The van der Waals surface area contributed by atoms with Crippen LogP contribution in [0.5, 0.6) is 0 Å². The van der Waals surface area contributed by atoms with Gasteiger partial charge in [0.1, 0.15) is 0 Å². The van der Waals surface area contributed by atoms with E-state index in [0.717, 1.165) is 6.54 Å². The molecule has 0 fully saturated rings. The second-order valence-corrected chi connectivity index (χ2v) is 6.62. The molecular weight excluding hydrogens is 218 g/mol. The van der Waals surface area contributed by atoms with Gasteiger partial charge in [0.25, 0.3) is 0 Å². The molecule has 0 saturated heterocycles. The smallest absolute Gasteiger partial charge is 0.0325 e. The van der Waals surface area contributed by atoms with Gasteiger partial charge in [-0.3, -0.25) is 0 Å². The summed E-state index contributed by atoms with van der Waals surface area (Å²) in [4.78, 5) is 0. The molecule has 18 heavy (non-hydrogen) atoms. The standard InChI is InChI=1S/C17H29N/c1-7-10-18-16(12-17(4,5)6)15-9-8-13(2)14(3)11-15/h8-9,11,16,18H,7,10,12H2,1-6H3. The first-order valence-electron chi connectivity index (χ1n) is 7.14. The van der Waals surface area contributed by atoms with E-state index in [-0.39, 0.29) is 0 Å². The summed E-state index contributed by atoms with van der Waals surface area (Å²) in [5.41, 5.74) is 4.56. The highest BCUT2D eigenvalue weighted by Gasteiger charge is 2.19. The molecule has 1 unspecified atom stereocenters. The zero-order chi connectivity index (χ0) is 13.8. The van der Waals surface area contributed by atoms with Crippen molar-refractivity contribution in [2.75, 3.05) is 6.54 Å². The first kappa shape index (κ1) is 15.2. The van der Waals surface area contributed by atoms with Crippen molar-refractivity contribution in [1.29, 1.82) is 0 Å². The van der Waals surface area contributed by atoms with Crippen LogP contribution in [0.2, 0.25) is 0 Å². The molecule has 0 bridgehead atoms. The van der Waals surface area contributed by atoms with Crippen LogP contribution in [-0.2, 0) is 0 Å². The summed E-state index contributed by atoms with van der Waals surface area (Å²) in [5, 5.41) is 3.69. The van der Waals surface area contributed by atoms with E-state index >= 15 is 0 Å². The van der Waals surface area contributed by atoms with Gasteiger partial charge in [-0.25, -0.2) is 0 Å². The Kier molecular flexibility index (Phi) is 5.40. The Hall–Kier alpha value is -0.820. The number of nitrogens with one attached hydrogen (secondary N) is 1. The fourth-order valence-corrected chi connectivity index (χ4v) is 2.22. The van der Waals surface area contributed by atoms with Gasteiger partial charge in [-0.05, 0) is 55.3 Å². The van der Waals surface area contributed by atoms with Crippen molar-refractivity contribution in [3.63, 3.8) is 0 Å². The van der Waals surface area contributed by atoms with Crippen LogP contribution in [0.3, 0.4) is 0 Å². The highest BCUT2D eigenvalue weighted by Crippen LogP contribution is 2.30. The third kappa shape index (κ3) is 4.81. The van der Waals surface area contributed by atoms with E-state index in [0.29, 0.717) is 11.5 Å². The normalized spacial score (nSPS) is 13.7. The van der Waals surface area contributed by atoms with Gasteiger partial charge in [-0.2, -0.15) is 0 Å². The number of aryl methyl sites for hydroxylation is 2. The molecule has 0 aliphatic rings. The highest BCUT2D eigenvalue weighted by molar-refractivity contribution is 5.31. The molecule has 1 atom stereocenters. The van der Waals surface area contributed by atoms with E-state index in [4.69, 9.17) is 0 Å². The van der Waals surface area contributed by atoms with Gasteiger partial charge < -0.3 is 5.32 Å². The molecule has 102 valence electrons. The molecule has 1 aromatic carbocycles. The maximum absolute atomic E-state index is 3.69. The third-order valence-electron chi connectivity index (χ3n) is 3.39. The lowest BCUT2D eigenvalue weighted by molar-refractivity contribution is 0.311. The Morgan fingerprint density at radius 2 is 1.78 bits per heavy atom. The first-order chi connectivity index (χ1) is 8.33. The van der Waals surface area contributed by atoms with Crippen molar-refractivity contribution in [1.82, 2.24) is 5.32 Å². The maximum atomic E-state index is 3.69. The molecular formula is C17H29N.